The van der Waals surface area contributed by atoms with Crippen LogP contribution in [0.25, 0.3) is 0 Å². The molecule has 2 aromatic rings. The Balaban J connectivity index is 2.00. The molecule has 0 saturated carbocycles. The first-order valence-corrected chi connectivity index (χ1v) is 8.53. The lowest BCUT2D eigenvalue weighted by molar-refractivity contribution is -0.140. The van der Waals surface area contributed by atoms with Crippen LogP contribution in [0.1, 0.15) is 23.3 Å². The summed E-state index contributed by atoms with van der Waals surface area (Å²) in [5.74, 6) is -0.145. The van der Waals surface area contributed by atoms with Crippen LogP contribution < -0.4 is 9.61 Å². The molecule has 1 N–H and O–H groups in total. The fourth-order valence-electron chi connectivity index (χ4n) is 3.01. The van der Waals surface area contributed by atoms with Gasteiger partial charge in [-0.1, -0.05) is 29.9 Å². The van der Waals surface area contributed by atoms with E-state index in [4.69, 9.17) is 16.3 Å². The zero-order chi connectivity index (χ0) is 14.7. The van der Waals surface area contributed by atoms with Crippen molar-refractivity contribution >= 4 is 40.7 Å². The number of thioether (sulfide) groups is 1. The van der Waals surface area contributed by atoms with Gasteiger partial charge in [0.15, 0.2) is 0 Å². The predicted molar refractivity (Wildman–Crippen MR) is 82.7 cm³/mol. The lowest BCUT2D eigenvalue weighted by Crippen LogP contribution is -2.39. The van der Waals surface area contributed by atoms with Crippen molar-refractivity contribution in [3.63, 3.8) is 0 Å². The van der Waals surface area contributed by atoms with Gasteiger partial charge in [-0.3, -0.25) is 9.59 Å². The maximum atomic E-state index is 12.4. The Bertz CT molecular complexity index is 813. The fraction of sp³-hybridized carbons (Fsp3) is 0.286. The zero-order valence-corrected chi connectivity index (χ0v) is 13.3. The Morgan fingerprint density at radius 1 is 1.33 bits per heavy atom. The number of hydrogen-bond acceptors (Lipinski definition) is 5. The van der Waals surface area contributed by atoms with Gasteiger partial charge in [0.2, 0.25) is 0 Å². The van der Waals surface area contributed by atoms with Gasteiger partial charge in [0, 0.05) is 26.6 Å². The van der Waals surface area contributed by atoms with Crippen LogP contribution in [0.15, 0.2) is 28.0 Å². The van der Waals surface area contributed by atoms with Crippen molar-refractivity contribution < 1.29 is 9.53 Å². The molecule has 3 atom stereocenters. The van der Waals surface area contributed by atoms with E-state index in [1.165, 1.54) is 23.1 Å². The molecule has 108 valence electrons. The number of benzene rings is 1. The molecule has 0 radical (unpaired) electrons. The first kappa shape index (κ1) is 13.4. The van der Waals surface area contributed by atoms with Crippen LogP contribution >= 0.6 is 34.7 Å². The average Bonchev–Trinajstić information content (AvgIpc) is 2.79. The van der Waals surface area contributed by atoms with E-state index in [0.717, 1.165) is 15.5 Å². The van der Waals surface area contributed by atoms with E-state index in [9.17, 15) is 9.59 Å². The van der Waals surface area contributed by atoms with Crippen LogP contribution in [0.2, 0.25) is 5.02 Å². The average molecular weight is 340 g/mol. The maximum Gasteiger partial charge on any atom is 0.316 e. The van der Waals surface area contributed by atoms with E-state index in [0.29, 0.717) is 10.8 Å². The molecule has 1 aromatic carbocycles. The monoisotopic (exact) mass is 339 g/mol. The van der Waals surface area contributed by atoms with Crippen LogP contribution in [-0.2, 0) is 4.79 Å². The number of nitrogens with one attached hydrogen (secondary N) is 1. The van der Waals surface area contributed by atoms with Gasteiger partial charge in [-0.2, -0.15) is 0 Å². The third-order valence-corrected chi connectivity index (χ3v) is 6.44. The van der Waals surface area contributed by atoms with Crippen LogP contribution in [0, 0.1) is 5.92 Å². The Morgan fingerprint density at radius 2 is 2.14 bits per heavy atom. The normalized spacial score (nSPS) is 26.6. The summed E-state index contributed by atoms with van der Waals surface area (Å²) in [4.78, 5) is 27.7. The molecule has 21 heavy (non-hydrogen) atoms. The summed E-state index contributed by atoms with van der Waals surface area (Å²) < 4.78 is 5.45. The number of carbonyl (C=O) groups is 1. The smallest absolute Gasteiger partial charge is 0.316 e. The summed E-state index contributed by atoms with van der Waals surface area (Å²) in [5.41, 5.74) is 0.885. The van der Waals surface area contributed by atoms with Crippen molar-refractivity contribution in [1.82, 2.24) is 4.98 Å². The molecule has 0 saturated heterocycles. The van der Waals surface area contributed by atoms with Crippen molar-refractivity contribution in [2.75, 3.05) is 0 Å². The number of aromatic amines is 1. The summed E-state index contributed by atoms with van der Waals surface area (Å²) in [6, 6.07) is 5.25. The van der Waals surface area contributed by atoms with Gasteiger partial charge in [-0.25, -0.2) is 0 Å². The van der Waals surface area contributed by atoms with Crippen molar-refractivity contribution in [2.45, 2.75) is 23.1 Å². The van der Waals surface area contributed by atoms with Crippen molar-refractivity contribution in [3.8, 4) is 5.75 Å². The highest BCUT2D eigenvalue weighted by Crippen LogP contribution is 2.53. The molecule has 0 fully saturated rings. The van der Waals surface area contributed by atoms with Crippen LogP contribution in [-0.4, -0.2) is 16.2 Å². The van der Waals surface area contributed by atoms with Gasteiger partial charge >= 0.3 is 10.8 Å². The van der Waals surface area contributed by atoms with E-state index in [2.05, 4.69) is 4.98 Å². The van der Waals surface area contributed by atoms with Crippen molar-refractivity contribution in [1.29, 1.82) is 0 Å². The van der Waals surface area contributed by atoms with E-state index in [-0.39, 0.29) is 27.9 Å². The Labute approximate surface area is 133 Å². The SMILES string of the molecule is CC1Sc2[nH]c(=O)sc2C2c3cc(Cl)ccc3OC(=O)C12. The topological polar surface area (TPSA) is 59.2 Å². The molecule has 0 aliphatic carbocycles. The van der Waals surface area contributed by atoms with E-state index >= 15 is 0 Å². The number of rotatable bonds is 0. The van der Waals surface area contributed by atoms with Gasteiger partial charge < -0.3 is 9.72 Å². The summed E-state index contributed by atoms with van der Waals surface area (Å²) >= 11 is 8.79. The number of ether oxygens (including phenoxy) is 1. The molecule has 2 aliphatic heterocycles. The van der Waals surface area contributed by atoms with Gasteiger partial charge in [-0.15, -0.1) is 11.8 Å². The van der Waals surface area contributed by atoms with E-state index in [1.807, 2.05) is 13.0 Å². The molecule has 4 nitrogen and oxygen atoms in total. The molecular weight excluding hydrogens is 330 g/mol. The van der Waals surface area contributed by atoms with Gasteiger partial charge in [-0.05, 0) is 18.2 Å². The van der Waals surface area contributed by atoms with E-state index < -0.39 is 0 Å². The second-order valence-electron chi connectivity index (χ2n) is 5.14. The van der Waals surface area contributed by atoms with Gasteiger partial charge in [0.1, 0.15) is 5.75 Å². The Morgan fingerprint density at radius 3 is 2.95 bits per heavy atom. The quantitative estimate of drug-likeness (QED) is 0.591. The molecule has 1 aromatic heterocycles. The molecule has 0 spiro atoms. The number of esters is 1. The number of carbonyl (C=O) groups excluding carboxylic acids is 1. The Kier molecular flexibility index (Phi) is 2.96. The molecule has 7 heteroatoms. The number of thiazole rings is 1. The molecule has 0 bridgehead atoms. The highest BCUT2D eigenvalue weighted by Gasteiger charge is 2.47. The number of hydrogen-bond donors (Lipinski definition) is 1. The molecule has 2 aliphatic rings. The third kappa shape index (κ3) is 1.97. The second-order valence-corrected chi connectivity index (χ2v) is 7.98. The summed E-state index contributed by atoms with van der Waals surface area (Å²) in [6.07, 6.45) is 0. The molecule has 0 amide bonds. The highest BCUT2D eigenvalue weighted by atomic mass is 35.5. The summed E-state index contributed by atoms with van der Waals surface area (Å²) in [5, 5.41) is 1.49. The third-order valence-electron chi connectivity index (χ3n) is 3.88. The Hall–Kier alpha value is -1.24. The fourth-order valence-corrected chi connectivity index (χ4v) is 5.60. The first-order chi connectivity index (χ1) is 10.0. The maximum absolute atomic E-state index is 12.4. The first-order valence-electron chi connectivity index (χ1n) is 6.45. The summed E-state index contributed by atoms with van der Waals surface area (Å²) in [7, 11) is 0. The predicted octanol–water partition coefficient (Wildman–Crippen LogP) is 3.25. The molecule has 4 rings (SSSR count). The lowest BCUT2D eigenvalue weighted by atomic mass is 9.80. The molecule has 3 heterocycles. The van der Waals surface area contributed by atoms with Crippen LogP contribution in [0.4, 0.5) is 0 Å². The second kappa shape index (κ2) is 4.63. The van der Waals surface area contributed by atoms with Crippen molar-refractivity contribution in [2.24, 2.45) is 5.92 Å². The lowest BCUT2D eigenvalue weighted by Gasteiger charge is -2.37. The number of H-pyrrole nitrogens is 1. The minimum Gasteiger partial charge on any atom is -0.426 e. The molecular formula is C14H10ClNO3S2. The number of fused-ring (bicyclic) bond motifs is 5. The van der Waals surface area contributed by atoms with Crippen LogP contribution in [0.5, 0.6) is 5.75 Å². The number of halogens is 1. The minimum atomic E-state index is -0.292. The van der Waals surface area contributed by atoms with Gasteiger partial charge in [0.05, 0.1) is 10.9 Å². The standard InChI is InChI=1S/C14H10ClNO3S2/c1-5-9-10(11-12(20-5)16-14(18)21-11)7-4-6(15)2-3-8(7)19-13(9)17/h2-5,9-10H,1H3,(H,16,18). The van der Waals surface area contributed by atoms with Gasteiger partial charge in [0.25, 0.3) is 0 Å². The van der Waals surface area contributed by atoms with Crippen LogP contribution in [0.3, 0.4) is 0 Å². The highest BCUT2D eigenvalue weighted by molar-refractivity contribution is 8.00. The molecule has 3 unspecified atom stereocenters. The summed E-state index contributed by atoms with van der Waals surface area (Å²) in [6.45, 7) is 1.98. The minimum absolute atomic E-state index is 0.0346. The largest absolute Gasteiger partial charge is 0.426 e. The van der Waals surface area contributed by atoms with E-state index in [1.54, 1.807) is 12.1 Å². The van der Waals surface area contributed by atoms with Crippen molar-refractivity contribution in [3.05, 3.63) is 43.3 Å². The zero-order valence-electron chi connectivity index (χ0n) is 10.9. The number of aromatic nitrogens is 1.